The molecule has 0 saturated carbocycles. The van der Waals surface area contributed by atoms with Gasteiger partial charge < -0.3 is 10.2 Å². The Balaban J connectivity index is 1.52. The van der Waals surface area contributed by atoms with E-state index in [4.69, 9.17) is 0 Å². The number of pyridine rings is 1. The molecule has 1 fully saturated rings. The maximum absolute atomic E-state index is 4.48. The van der Waals surface area contributed by atoms with E-state index in [1.807, 2.05) is 12.4 Å². The first kappa shape index (κ1) is 16.8. The monoisotopic (exact) mass is 347 g/mol. The van der Waals surface area contributed by atoms with Gasteiger partial charge in [0.15, 0.2) is 0 Å². The lowest BCUT2D eigenvalue weighted by Crippen LogP contribution is -2.13. The second-order valence-corrected chi connectivity index (χ2v) is 7.22. The number of nitrogens with zero attached hydrogens (tertiary/aromatic N) is 3. The average molecular weight is 347 g/mol. The van der Waals surface area contributed by atoms with Crippen LogP contribution in [0, 0.1) is 6.92 Å². The van der Waals surface area contributed by atoms with Crippen molar-refractivity contribution in [2.45, 2.75) is 25.8 Å². The smallest absolute Gasteiger partial charge is 0.126 e. The molecular weight excluding hydrogens is 322 g/mol. The number of likely N-dealkylation sites (tertiary alicyclic amines) is 1. The third-order valence-electron chi connectivity index (χ3n) is 5.10. The molecule has 3 aromatic rings. The lowest BCUT2D eigenvalue weighted by molar-refractivity contribution is 0.411. The molecule has 5 nitrogen and oxygen atoms in total. The molecule has 0 radical (unpaired) electrons. The van der Waals surface area contributed by atoms with E-state index in [1.165, 1.54) is 28.8 Å². The number of hydrogen-bond acceptors (Lipinski definition) is 4. The number of aromatic nitrogens is 3. The fraction of sp³-hybridized carbons (Fsp3) is 0.333. The highest BCUT2D eigenvalue weighted by Gasteiger charge is 2.25. The molecule has 134 valence electrons. The van der Waals surface area contributed by atoms with Gasteiger partial charge in [-0.25, -0.2) is 4.98 Å². The number of aryl methyl sites for hydroxylation is 1. The number of hydrogen-bond donors (Lipinski definition) is 2. The molecular formula is C21H25N5. The van der Waals surface area contributed by atoms with Crippen LogP contribution in [0.5, 0.6) is 0 Å². The van der Waals surface area contributed by atoms with E-state index in [1.54, 1.807) is 0 Å². The number of likely N-dealkylation sites (N-methyl/N-ethyl adjacent to an activating group) is 1. The van der Waals surface area contributed by atoms with Crippen LogP contribution in [-0.2, 0) is 6.54 Å². The second kappa shape index (κ2) is 7.30. The third-order valence-corrected chi connectivity index (χ3v) is 5.10. The van der Waals surface area contributed by atoms with Gasteiger partial charge in [-0.3, -0.25) is 5.10 Å². The van der Waals surface area contributed by atoms with Gasteiger partial charge in [0.25, 0.3) is 0 Å². The summed E-state index contributed by atoms with van der Waals surface area (Å²) in [6.07, 6.45) is 4.98. The largest absolute Gasteiger partial charge is 0.366 e. The Kier molecular flexibility index (Phi) is 4.71. The summed E-state index contributed by atoms with van der Waals surface area (Å²) >= 11 is 0. The van der Waals surface area contributed by atoms with Crippen molar-refractivity contribution in [1.82, 2.24) is 20.1 Å². The van der Waals surface area contributed by atoms with Gasteiger partial charge in [0.1, 0.15) is 5.82 Å². The zero-order chi connectivity index (χ0) is 17.9. The number of nitrogens with one attached hydrogen (secondary N) is 2. The van der Waals surface area contributed by atoms with Gasteiger partial charge in [-0.1, -0.05) is 29.8 Å². The highest BCUT2D eigenvalue weighted by Crippen LogP contribution is 2.33. The number of anilines is 1. The first-order valence-corrected chi connectivity index (χ1v) is 9.16. The molecule has 1 unspecified atom stereocenters. The Hall–Kier alpha value is -2.66. The van der Waals surface area contributed by atoms with Gasteiger partial charge in [-0.05, 0) is 50.2 Å². The summed E-state index contributed by atoms with van der Waals surface area (Å²) in [6, 6.07) is 12.7. The maximum atomic E-state index is 4.48. The average Bonchev–Trinajstić information content (AvgIpc) is 3.29. The Labute approximate surface area is 154 Å². The number of benzene rings is 1. The van der Waals surface area contributed by atoms with E-state index in [0.29, 0.717) is 5.92 Å². The van der Waals surface area contributed by atoms with Crippen molar-refractivity contribution in [1.29, 1.82) is 0 Å². The van der Waals surface area contributed by atoms with Gasteiger partial charge in [-0.15, -0.1) is 0 Å². The standard InChI is InChI=1S/C21H25N5/c1-15-4-3-5-16(10-15)12-23-20-11-17(6-8-22-20)19-13-24-25-21(19)18-7-9-26(2)14-18/h3-6,8,10-11,13,18H,7,9,12,14H2,1-2H3,(H,22,23)(H,24,25). The van der Waals surface area contributed by atoms with Crippen molar-refractivity contribution in [2.75, 3.05) is 25.5 Å². The van der Waals surface area contributed by atoms with Crippen LogP contribution in [0.15, 0.2) is 48.8 Å². The van der Waals surface area contributed by atoms with Crippen molar-refractivity contribution >= 4 is 5.82 Å². The predicted molar refractivity (Wildman–Crippen MR) is 105 cm³/mol. The SMILES string of the molecule is Cc1cccc(CNc2cc(-c3cn[nH]c3C3CCN(C)C3)ccn2)c1. The Bertz CT molecular complexity index is 885. The lowest BCUT2D eigenvalue weighted by Gasteiger charge is -2.12. The molecule has 1 aliphatic heterocycles. The van der Waals surface area contributed by atoms with Crippen LogP contribution < -0.4 is 5.32 Å². The molecule has 0 amide bonds. The molecule has 1 aliphatic rings. The first-order chi connectivity index (χ1) is 12.7. The van der Waals surface area contributed by atoms with Crippen LogP contribution in [0.1, 0.15) is 29.2 Å². The van der Waals surface area contributed by atoms with Gasteiger partial charge >= 0.3 is 0 Å². The van der Waals surface area contributed by atoms with E-state index in [9.17, 15) is 0 Å². The molecule has 4 rings (SSSR count). The summed E-state index contributed by atoms with van der Waals surface area (Å²) in [5.74, 6) is 1.41. The van der Waals surface area contributed by atoms with E-state index < -0.39 is 0 Å². The molecule has 2 N–H and O–H groups in total. The molecule has 1 saturated heterocycles. The zero-order valence-corrected chi connectivity index (χ0v) is 15.4. The van der Waals surface area contributed by atoms with Crippen LogP contribution in [0.3, 0.4) is 0 Å². The Morgan fingerprint density at radius 1 is 1.27 bits per heavy atom. The van der Waals surface area contributed by atoms with E-state index >= 15 is 0 Å². The molecule has 5 heteroatoms. The van der Waals surface area contributed by atoms with Crippen molar-refractivity contribution in [3.63, 3.8) is 0 Å². The fourth-order valence-electron chi connectivity index (χ4n) is 3.72. The van der Waals surface area contributed by atoms with Gasteiger partial charge in [0, 0.05) is 36.5 Å². The second-order valence-electron chi connectivity index (χ2n) is 7.22. The van der Waals surface area contributed by atoms with Crippen molar-refractivity contribution in [3.8, 4) is 11.1 Å². The third kappa shape index (κ3) is 3.63. The van der Waals surface area contributed by atoms with Crippen molar-refractivity contribution < 1.29 is 0 Å². The van der Waals surface area contributed by atoms with Crippen molar-refractivity contribution in [3.05, 3.63) is 65.6 Å². The highest BCUT2D eigenvalue weighted by molar-refractivity contribution is 5.68. The highest BCUT2D eigenvalue weighted by atomic mass is 15.1. The van der Waals surface area contributed by atoms with Crippen molar-refractivity contribution in [2.24, 2.45) is 0 Å². The Morgan fingerprint density at radius 3 is 3.00 bits per heavy atom. The summed E-state index contributed by atoms with van der Waals surface area (Å²) in [7, 11) is 2.18. The number of rotatable bonds is 5. The van der Waals surface area contributed by atoms with Crippen LogP contribution >= 0.6 is 0 Å². The number of aromatic amines is 1. The minimum absolute atomic E-state index is 0.523. The zero-order valence-electron chi connectivity index (χ0n) is 15.4. The Morgan fingerprint density at radius 2 is 2.19 bits per heavy atom. The molecule has 2 aromatic heterocycles. The quantitative estimate of drug-likeness (QED) is 0.737. The summed E-state index contributed by atoms with van der Waals surface area (Å²) in [6.45, 7) is 5.11. The molecule has 3 heterocycles. The molecule has 0 spiro atoms. The summed E-state index contributed by atoms with van der Waals surface area (Å²) in [4.78, 5) is 6.85. The summed E-state index contributed by atoms with van der Waals surface area (Å²) in [5.41, 5.74) is 6.12. The van der Waals surface area contributed by atoms with Gasteiger partial charge in [0.2, 0.25) is 0 Å². The lowest BCUT2D eigenvalue weighted by atomic mass is 9.97. The van der Waals surface area contributed by atoms with E-state index in [2.05, 4.69) is 75.8 Å². The topological polar surface area (TPSA) is 56.8 Å². The van der Waals surface area contributed by atoms with E-state index in [-0.39, 0.29) is 0 Å². The van der Waals surface area contributed by atoms with Crippen LogP contribution in [0.25, 0.3) is 11.1 Å². The molecule has 1 aromatic carbocycles. The number of H-pyrrole nitrogens is 1. The first-order valence-electron chi connectivity index (χ1n) is 9.16. The van der Waals surface area contributed by atoms with Gasteiger partial charge in [0.05, 0.1) is 6.20 Å². The minimum atomic E-state index is 0.523. The maximum Gasteiger partial charge on any atom is 0.126 e. The molecule has 0 aliphatic carbocycles. The molecule has 26 heavy (non-hydrogen) atoms. The molecule has 1 atom stereocenters. The van der Waals surface area contributed by atoms with Crippen LogP contribution in [0.2, 0.25) is 0 Å². The summed E-state index contributed by atoms with van der Waals surface area (Å²) < 4.78 is 0. The fourth-order valence-corrected chi connectivity index (χ4v) is 3.72. The molecule has 0 bridgehead atoms. The normalized spacial score (nSPS) is 17.5. The minimum Gasteiger partial charge on any atom is -0.366 e. The predicted octanol–water partition coefficient (Wildman–Crippen LogP) is 3.81. The van der Waals surface area contributed by atoms with Gasteiger partial charge in [-0.2, -0.15) is 5.10 Å². The van der Waals surface area contributed by atoms with Crippen LogP contribution in [0.4, 0.5) is 5.82 Å². The summed E-state index contributed by atoms with van der Waals surface area (Å²) in [5, 5.41) is 11.0. The van der Waals surface area contributed by atoms with E-state index in [0.717, 1.165) is 31.0 Å². The van der Waals surface area contributed by atoms with Crippen LogP contribution in [-0.4, -0.2) is 40.2 Å².